The first kappa shape index (κ1) is 14.8. The molecule has 21 heavy (non-hydrogen) atoms. The van der Waals surface area contributed by atoms with Gasteiger partial charge in [0.25, 0.3) is 0 Å². The largest absolute Gasteiger partial charge is 0.378 e. The molecule has 1 aliphatic carbocycles. The molecule has 0 N–H and O–H groups in total. The van der Waals surface area contributed by atoms with Crippen molar-refractivity contribution < 1.29 is 14.3 Å². The van der Waals surface area contributed by atoms with Crippen molar-refractivity contribution in [1.29, 1.82) is 0 Å². The molecule has 0 radical (unpaired) electrons. The lowest BCUT2D eigenvalue weighted by atomic mass is 9.94. The fraction of sp³-hybridized carbons (Fsp3) is 0.875. The van der Waals surface area contributed by atoms with Crippen LogP contribution in [-0.2, 0) is 14.3 Å². The van der Waals surface area contributed by atoms with Crippen LogP contribution in [0.3, 0.4) is 0 Å². The van der Waals surface area contributed by atoms with Crippen LogP contribution in [-0.4, -0.2) is 61.0 Å². The Morgan fingerprint density at radius 1 is 0.762 bits per heavy atom. The summed E-state index contributed by atoms with van der Waals surface area (Å²) in [4.78, 5) is 29.0. The van der Waals surface area contributed by atoms with Crippen LogP contribution in [0.2, 0.25) is 0 Å². The monoisotopic (exact) mass is 294 g/mol. The zero-order valence-electron chi connectivity index (χ0n) is 12.8. The maximum Gasteiger partial charge on any atom is 0.227 e. The molecule has 3 rings (SSSR count). The van der Waals surface area contributed by atoms with E-state index in [1.54, 1.807) is 0 Å². The van der Waals surface area contributed by atoms with Crippen LogP contribution < -0.4 is 0 Å². The predicted octanol–water partition coefficient (Wildman–Crippen LogP) is 1.27. The molecule has 3 aliphatic rings. The normalized spacial score (nSPS) is 27.9. The van der Waals surface area contributed by atoms with E-state index in [2.05, 4.69) is 0 Å². The van der Waals surface area contributed by atoms with Crippen LogP contribution in [0.25, 0.3) is 0 Å². The first-order valence-corrected chi connectivity index (χ1v) is 8.41. The van der Waals surface area contributed by atoms with E-state index in [1.165, 1.54) is 12.8 Å². The molecule has 2 amide bonds. The second-order valence-corrected chi connectivity index (χ2v) is 6.54. The van der Waals surface area contributed by atoms with E-state index in [0.717, 1.165) is 32.2 Å². The van der Waals surface area contributed by atoms with Crippen LogP contribution in [0.15, 0.2) is 0 Å². The Balaban J connectivity index is 1.57. The topological polar surface area (TPSA) is 49.9 Å². The Hall–Kier alpha value is -1.10. The molecule has 0 unspecified atom stereocenters. The summed E-state index contributed by atoms with van der Waals surface area (Å²) in [6.07, 6.45) is 6.32. The number of rotatable bonds is 2. The van der Waals surface area contributed by atoms with Crippen molar-refractivity contribution in [3.05, 3.63) is 0 Å². The van der Waals surface area contributed by atoms with Crippen molar-refractivity contribution in [2.24, 2.45) is 11.8 Å². The highest BCUT2D eigenvalue weighted by Crippen LogP contribution is 2.29. The second-order valence-electron chi connectivity index (χ2n) is 6.54. The molecule has 0 aromatic carbocycles. The minimum atomic E-state index is 0.00204. The fourth-order valence-corrected chi connectivity index (χ4v) is 3.85. The molecule has 0 spiro atoms. The Morgan fingerprint density at radius 2 is 1.38 bits per heavy atom. The Labute approximate surface area is 126 Å². The molecule has 2 heterocycles. The van der Waals surface area contributed by atoms with Crippen molar-refractivity contribution in [1.82, 2.24) is 9.80 Å². The van der Waals surface area contributed by atoms with Gasteiger partial charge in [0.2, 0.25) is 11.8 Å². The number of likely N-dealkylation sites (tertiary alicyclic amines) is 1. The number of hydrogen-bond donors (Lipinski definition) is 0. The SMILES string of the molecule is O=C(C1CCCC1)N1CCC[C@H](C(=O)N2CCOCC2)C1. The quantitative estimate of drug-likeness (QED) is 0.771. The van der Waals surface area contributed by atoms with E-state index < -0.39 is 0 Å². The van der Waals surface area contributed by atoms with E-state index in [9.17, 15) is 9.59 Å². The van der Waals surface area contributed by atoms with Crippen LogP contribution in [0.1, 0.15) is 38.5 Å². The van der Waals surface area contributed by atoms with Crippen LogP contribution in [0, 0.1) is 11.8 Å². The summed E-state index contributed by atoms with van der Waals surface area (Å²) in [7, 11) is 0. The standard InChI is InChI=1S/C16H26N2O3/c19-15(13-4-1-2-5-13)18-7-3-6-14(12-18)16(20)17-8-10-21-11-9-17/h13-14H,1-12H2/t14-/m0/s1. The molecule has 5 nitrogen and oxygen atoms in total. The maximum absolute atomic E-state index is 12.6. The third-order valence-corrected chi connectivity index (χ3v) is 5.11. The summed E-state index contributed by atoms with van der Waals surface area (Å²) in [6.45, 7) is 4.15. The van der Waals surface area contributed by atoms with E-state index >= 15 is 0 Å². The van der Waals surface area contributed by atoms with Gasteiger partial charge in [-0.25, -0.2) is 0 Å². The minimum absolute atomic E-state index is 0.00204. The lowest BCUT2D eigenvalue weighted by molar-refractivity contribution is -0.145. The first-order chi connectivity index (χ1) is 10.3. The second kappa shape index (κ2) is 6.77. The van der Waals surface area contributed by atoms with Gasteiger partial charge in [-0.1, -0.05) is 12.8 Å². The first-order valence-electron chi connectivity index (χ1n) is 8.41. The van der Waals surface area contributed by atoms with Crippen molar-refractivity contribution in [2.75, 3.05) is 39.4 Å². The van der Waals surface area contributed by atoms with Gasteiger partial charge in [-0.2, -0.15) is 0 Å². The average molecular weight is 294 g/mol. The number of morpholine rings is 1. The Kier molecular flexibility index (Phi) is 4.78. The molecule has 2 aliphatic heterocycles. The van der Waals surface area contributed by atoms with Gasteiger partial charge in [0.15, 0.2) is 0 Å². The summed E-state index contributed by atoms with van der Waals surface area (Å²) in [5, 5.41) is 0. The van der Waals surface area contributed by atoms with Crippen molar-refractivity contribution in [2.45, 2.75) is 38.5 Å². The zero-order chi connectivity index (χ0) is 14.7. The van der Waals surface area contributed by atoms with E-state index in [4.69, 9.17) is 4.74 Å². The van der Waals surface area contributed by atoms with Gasteiger partial charge < -0.3 is 14.5 Å². The third-order valence-electron chi connectivity index (χ3n) is 5.11. The summed E-state index contributed by atoms with van der Waals surface area (Å²) in [5.74, 6) is 0.749. The van der Waals surface area contributed by atoms with Gasteiger partial charge in [0.1, 0.15) is 0 Å². The van der Waals surface area contributed by atoms with Gasteiger partial charge in [-0.15, -0.1) is 0 Å². The molecule has 0 bridgehead atoms. The highest BCUT2D eigenvalue weighted by molar-refractivity contribution is 5.82. The molecular weight excluding hydrogens is 268 g/mol. The molecule has 1 saturated carbocycles. The minimum Gasteiger partial charge on any atom is -0.378 e. The summed E-state index contributed by atoms with van der Waals surface area (Å²) >= 11 is 0. The summed E-state index contributed by atoms with van der Waals surface area (Å²) in [5.41, 5.74) is 0. The Bertz CT molecular complexity index is 387. The molecular formula is C16H26N2O3. The van der Waals surface area contributed by atoms with Gasteiger partial charge in [-0.05, 0) is 25.7 Å². The molecule has 5 heteroatoms. The number of amides is 2. The van der Waals surface area contributed by atoms with Gasteiger partial charge in [0.05, 0.1) is 19.1 Å². The van der Waals surface area contributed by atoms with Crippen LogP contribution in [0.4, 0.5) is 0 Å². The lowest BCUT2D eigenvalue weighted by Gasteiger charge is -2.37. The number of carbonyl (C=O) groups is 2. The molecule has 1 atom stereocenters. The van der Waals surface area contributed by atoms with Crippen molar-refractivity contribution in [3.8, 4) is 0 Å². The average Bonchev–Trinajstić information content (AvgIpc) is 3.09. The fourth-order valence-electron chi connectivity index (χ4n) is 3.85. The van der Waals surface area contributed by atoms with E-state index in [-0.39, 0.29) is 17.7 Å². The van der Waals surface area contributed by atoms with E-state index in [0.29, 0.717) is 38.8 Å². The van der Waals surface area contributed by atoms with Crippen molar-refractivity contribution >= 4 is 11.8 Å². The molecule has 2 saturated heterocycles. The zero-order valence-corrected chi connectivity index (χ0v) is 12.8. The number of nitrogens with zero attached hydrogens (tertiary/aromatic N) is 2. The number of hydrogen-bond acceptors (Lipinski definition) is 3. The number of piperidine rings is 1. The highest BCUT2D eigenvalue weighted by Gasteiger charge is 2.34. The number of ether oxygens (including phenoxy) is 1. The van der Waals surface area contributed by atoms with Gasteiger partial charge in [-0.3, -0.25) is 9.59 Å². The third kappa shape index (κ3) is 3.39. The van der Waals surface area contributed by atoms with Crippen molar-refractivity contribution in [3.63, 3.8) is 0 Å². The maximum atomic E-state index is 12.6. The van der Waals surface area contributed by atoms with E-state index in [1.807, 2.05) is 9.80 Å². The predicted molar refractivity (Wildman–Crippen MR) is 78.7 cm³/mol. The smallest absolute Gasteiger partial charge is 0.227 e. The Morgan fingerprint density at radius 3 is 2.10 bits per heavy atom. The molecule has 3 fully saturated rings. The highest BCUT2D eigenvalue weighted by atomic mass is 16.5. The lowest BCUT2D eigenvalue weighted by Crippen LogP contribution is -2.50. The molecule has 0 aromatic rings. The molecule has 118 valence electrons. The summed E-state index contributed by atoms with van der Waals surface area (Å²) < 4.78 is 5.31. The van der Waals surface area contributed by atoms with Crippen LogP contribution in [0.5, 0.6) is 0 Å². The number of carbonyl (C=O) groups excluding carboxylic acids is 2. The van der Waals surface area contributed by atoms with Gasteiger partial charge in [0, 0.05) is 32.1 Å². The van der Waals surface area contributed by atoms with Gasteiger partial charge >= 0.3 is 0 Å². The summed E-state index contributed by atoms with van der Waals surface area (Å²) in [6, 6.07) is 0. The molecule has 0 aromatic heterocycles. The van der Waals surface area contributed by atoms with Crippen LogP contribution >= 0.6 is 0 Å².